The number of rotatable bonds is 10. The Labute approximate surface area is 288 Å². The summed E-state index contributed by atoms with van der Waals surface area (Å²) in [6.07, 6.45) is 0.599. The molecule has 6 aromatic carbocycles. The van der Waals surface area contributed by atoms with Gasteiger partial charge in [0, 0.05) is 0 Å². The monoisotopic (exact) mass is 638 g/mol. The second-order valence-electron chi connectivity index (χ2n) is 12.9. The molecule has 240 valence electrons. The highest BCUT2D eigenvalue weighted by molar-refractivity contribution is 6.07. The van der Waals surface area contributed by atoms with Gasteiger partial charge in [-0.2, -0.15) is 0 Å². The number of benzene rings is 6. The third kappa shape index (κ3) is 6.30. The molecule has 0 N–H and O–H groups in total. The lowest BCUT2D eigenvalue weighted by molar-refractivity contribution is 0.154. The molecule has 49 heavy (non-hydrogen) atoms. The normalized spacial score (nSPS) is 20.2. The fourth-order valence-electron chi connectivity index (χ4n) is 7.22. The number of nitrogens with zero attached hydrogens (tertiary/aromatic N) is 2. The van der Waals surface area contributed by atoms with E-state index in [1.165, 1.54) is 0 Å². The number of aliphatic imine (C=N–C) groups is 2. The van der Waals surface area contributed by atoms with Gasteiger partial charge in [-0.15, -0.1) is 0 Å². The van der Waals surface area contributed by atoms with Crippen LogP contribution in [0, 0.1) is 5.41 Å². The minimum Gasteiger partial charge on any atom is -0.469 e. The molecular weight excluding hydrogens is 601 g/mol. The van der Waals surface area contributed by atoms with E-state index in [-0.39, 0.29) is 24.3 Å². The van der Waals surface area contributed by atoms with Gasteiger partial charge in [-0.3, -0.25) is 0 Å². The zero-order chi connectivity index (χ0) is 32.9. The van der Waals surface area contributed by atoms with Crippen molar-refractivity contribution >= 4 is 11.8 Å². The molecule has 0 amide bonds. The van der Waals surface area contributed by atoms with E-state index >= 15 is 0 Å². The largest absolute Gasteiger partial charge is 0.469 e. The van der Waals surface area contributed by atoms with Crippen molar-refractivity contribution in [2.24, 2.45) is 15.4 Å². The summed E-state index contributed by atoms with van der Waals surface area (Å²) >= 11 is 0. The lowest BCUT2D eigenvalue weighted by Crippen LogP contribution is -2.44. The molecule has 2 heterocycles. The number of ether oxygens (including phenoxy) is 2. The minimum atomic E-state index is -0.837. The Hall–Kier alpha value is -5.74. The second kappa shape index (κ2) is 13.8. The molecule has 0 fully saturated rings. The van der Waals surface area contributed by atoms with E-state index in [0.717, 1.165) is 33.4 Å². The first-order valence-electron chi connectivity index (χ1n) is 17.0. The summed E-state index contributed by atoms with van der Waals surface area (Å²) in [4.78, 5) is 11.1. The highest BCUT2D eigenvalue weighted by Gasteiger charge is 2.53. The van der Waals surface area contributed by atoms with Gasteiger partial charge in [0.15, 0.2) is 12.2 Å². The van der Waals surface area contributed by atoms with Gasteiger partial charge < -0.3 is 9.47 Å². The van der Waals surface area contributed by atoms with E-state index in [4.69, 9.17) is 19.5 Å². The van der Waals surface area contributed by atoms with Crippen LogP contribution in [0.15, 0.2) is 192 Å². The molecule has 8 rings (SSSR count). The molecule has 2 aliphatic heterocycles. The molecule has 4 atom stereocenters. The highest BCUT2D eigenvalue weighted by atomic mass is 16.5. The molecule has 4 nitrogen and oxygen atoms in total. The van der Waals surface area contributed by atoms with Crippen molar-refractivity contribution in [1.29, 1.82) is 0 Å². The number of hydrogen-bond acceptors (Lipinski definition) is 4. The quantitative estimate of drug-likeness (QED) is 0.150. The third-order valence-corrected chi connectivity index (χ3v) is 9.62. The number of hydrogen-bond donors (Lipinski definition) is 0. The topological polar surface area (TPSA) is 43.2 Å². The van der Waals surface area contributed by atoms with Crippen LogP contribution in [0.4, 0.5) is 0 Å². The van der Waals surface area contributed by atoms with Crippen LogP contribution in [-0.2, 0) is 22.3 Å². The predicted octanol–water partition coefficient (Wildman–Crippen LogP) is 10.3. The van der Waals surface area contributed by atoms with E-state index in [9.17, 15) is 0 Å². The predicted molar refractivity (Wildman–Crippen MR) is 196 cm³/mol. The highest BCUT2D eigenvalue weighted by Crippen LogP contribution is 2.50. The lowest BCUT2D eigenvalue weighted by Gasteiger charge is -2.34. The standard InChI is InChI=1S/C45H38N2O2/c1-7-19-33(20-8-1)31-45(32-34-21-9-2-10-22-34,43-46-39(35-23-11-3-12-24-35)41(48-43)37-27-15-5-16-28-37)44-47-40(36-25-13-4-14-26-36)42(49-44)38-29-17-6-18-30-38/h1-30,39-42H,31-32H2/t39-,40-,41+,42+/m0/s1. The molecule has 2 aliphatic rings. The molecule has 0 radical (unpaired) electrons. The molecule has 0 unspecified atom stereocenters. The maximum atomic E-state index is 7.21. The molecule has 0 spiro atoms. The van der Waals surface area contributed by atoms with E-state index in [0.29, 0.717) is 24.6 Å². The maximum Gasteiger partial charge on any atom is 0.201 e. The average molecular weight is 639 g/mol. The van der Waals surface area contributed by atoms with Gasteiger partial charge in [0.25, 0.3) is 0 Å². The van der Waals surface area contributed by atoms with Gasteiger partial charge in [0.1, 0.15) is 17.5 Å². The summed E-state index contributed by atoms with van der Waals surface area (Å²) in [5.41, 5.74) is 5.88. The van der Waals surface area contributed by atoms with Gasteiger partial charge in [-0.05, 0) is 46.2 Å². The summed E-state index contributed by atoms with van der Waals surface area (Å²) in [6, 6.07) is 62.6. The Kier molecular flexibility index (Phi) is 8.60. The van der Waals surface area contributed by atoms with Crippen LogP contribution in [0.3, 0.4) is 0 Å². The Bertz CT molecular complexity index is 1870. The molecule has 0 aromatic heterocycles. The van der Waals surface area contributed by atoms with Crippen molar-refractivity contribution in [1.82, 2.24) is 0 Å². The Balaban J connectivity index is 1.34. The maximum absolute atomic E-state index is 7.21. The summed E-state index contributed by atoms with van der Waals surface area (Å²) < 4.78 is 14.4. The molecule has 0 saturated heterocycles. The fourth-order valence-corrected chi connectivity index (χ4v) is 7.22. The first-order chi connectivity index (χ1) is 24.3. The molecule has 4 heteroatoms. The SMILES string of the molecule is c1ccc(CC(Cc2ccccc2)(C2=N[C@@H](c3ccccc3)[C@@H](c3ccccc3)O2)C2=N[C@@H](c3ccccc3)[C@@H](c3ccccc3)O2)cc1. The van der Waals surface area contributed by atoms with Gasteiger partial charge in [-0.1, -0.05) is 182 Å². The van der Waals surface area contributed by atoms with Gasteiger partial charge in [-0.25, -0.2) is 9.98 Å². The van der Waals surface area contributed by atoms with Gasteiger partial charge in [0.2, 0.25) is 11.8 Å². The Morgan fingerprint density at radius 2 is 0.653 bits per heavy atom. The zero-order valence-corrected chi connectivity index (χ0v) is 27.3. The fraction of sp³-hybridized carbons (Fsp3) is 0.156. The van der Waals surface area contributed by atoms with Crippen molar-refractivity contribution in [3.63, 3.8) is 0 Å². The van der Waals surface area contributed by atoms with Crippen LogP contribution in [0.1, 0.15) is 57.7 Å². The summed E-state index contributed by atoms with van der Waals surface area (Å²) in [5, 5.41) is 0. The Morgan fingerprint density at radius 1 is 0.367 bits per heavy atom. The first-order valence-corrected chi connectivity index (χ1v) is 17.0. The van der Waals surface area contributed by atoms with Crippen LogP contribution in [0.2, 0.25) is 0 Å². The average Bonchev–Trinajstić information content (AvgIpc) is 3.84. The smallest absolute Gasteiger partial charge is 0.201 e. The van der Waals surface area contributed by atoms with Gasteiger partial charge in [0.05, 0.1) is 0 Å². The summed E-state index contributed by atoms with van der Waals surface area (Å²) in [7, 11) is 0. The zero-order valence-electron chi connectivity index (χ0n) is 27.3. The Morgan fingerprint density at radius 3 is 0.980 bits per heavy atom. The van der Waals surface area contributed by atoms with E-state index in [2.05, 4.69) is 158 Å². The first kappa shape index (κ1) is 30.6. The summed E-state index contributed by atoms with van der Waals surface area (Å²) in [5.74, 6) is 1.31. The van der Waals surface area contributed by atoms with Crippen molar-refractivity contribution in [2.45, 2.75) is 37.1 Å². The molecular formula is C45H38N2O2. The lowest BCUT2D eigenvalue weighted by atomic mass is 9.75. The third-order valence-electron chi connectivity index (χ3n) is 9.62. The molecule has 6 aromatic rings. The van der Waals surface area contributed by atoms with E-state index in [1.54, 1.807) is 0 Å². The van der Waals surface area contributed by atoms with Crippen molar-refractivity contribution < 1.29 is 9.47 Å². The van der Waals surface area contributed by atoms with Gasteiger partial charge >= 0.3 is 0 Å². The van der Waals surface area contributed by atoms with Crippen LogP contribution in [-0.4, -0.2) is 11.8 Å². The van der Waals surface area contributed by atoms with Crippen LogP contribution in [0.5, 0.6) is 0 Å². The molecule has 0 bridgehead atoms. The van der Waals surface area contributed by atoms with Crippen LogP contribution < -0.4 is 0 Å². The van der Waals surface area contributed by atoms with Crippen LogP contribution in [0.25, 0.3) is 0 Å². The van der Waals surface area contributed by atoms with Crippen molar-refractivity contribution in [2.75, 3.05) is 0 Å². The molecule has 0 aliphatic carbocycles. The van der Waals surface area contributed by atoms with Crippen molar-refractivity contribution in [3.8, 4) is 0 Å². The van der Waals surface area contributed by atoms with E-state index in [1.807, 2.05) is 24.3 Å². The minimum absolute atomic E-state index is 0.235. The van der Waals surface area contributed by atoms with Crippen LogP contribution >= 0.6 is 0 Å². The van der Waals surface area contributed by atoms with E-state index < -0.39 is 5.41 Å². The summed E-state index contributed by atoms with van der Waals surface area (Å²) in [6.45, 7) is 0. The van der Waals surface area contributed by atoms with Crippen molar-refractivity contribution in [3.05, 3.63) is 215 Å². The molecule has 0 saturated carbocycles. The second-order valence-corrected chi connectivity index (χ2v) is 12.9.